The van der Waals surface area contributed by atoms with Gasteiger partial charge in [0.1, 0.15) is 0 Å². The summed E-state index contributed by atoms with van der Waals surface area (Å²) in [7, 11) is 0. The van der Waals surface area contributed by atoms with Crippen LogP contribution in [0.5, 0.6) is 0 Å². The molecule has 0 unspecified atom stereocenters. The van der Waals surface area contributed by atoms with Crippen LogP contribution in [0, 0.1) is 13.8 Å². The van der Waals surface area contributed by atoms with Crippen LogP contribution in [0.3, 0.4) is 0 Å². The van der Waals surface area contributed by atoms with Crippen LogP contribution in [-0.4, -0.2) is 18.4 Å². The third-order valence-corrected chi connectivity index (χ3v) is 4.02. The normalized spacial score (nSPS) is 22.6. The minimum absolute atomic E-state index is 0.00667. The minimum atomic E-state index is -1.08. The molecule has 1 saturated carbocycles. The van der Waals surface area contributed by atoms with Crippen molar-refractivity contribution in [3.8, 4) is 0 Å². The molecule has 0 aliphatic heterocycles. The highest BCUT2D eigenvalue weighted by Crippen LogP contribution is 2.38. The van der Waals surface area contributed by atoms with E-state index in [-0.39, 0.29) is 11.8 Å². The summed E-state index contributed by atoms with van der Waals surface area (Å²) in [5, 5.41) is 0. The average Bonchev–Trinajstić information content (AvgIpc) is 2.38. The predicted molar refractivity (Wildman–Crippen MR) is 77.7 cm³/mol. The fourth-order valence-electron chi connectivity index (χ4n) is 3.14. The molecule has 0 bridgehead atoms. The molecule has 108 valence electrons. The number of carbonyl (C=O) groups excluding carboxylic acids is 2. The van der Waals surface area contributed by atoms with Crippen LogP contribution in [-0.2, 0) is 19.7 Å². The minimum Gasteiger partial charge on any atom is -0.465 e. The van der Waals surface area contributed by atoms with Crippen LogP contribution >= 0.6 is 0 Å². The summed E-state index contributed by atoms with van der Waals surface area (Å²) >= 11 is 0. The zero-order valence-electron chi connectivity index (χ0n) is 12.5. The van der Waals surface area contributed by atoms with Crippen molar-refractivity contribution < 1.29 is 14.3 Å². The van der Waals surface area contributed by atoms with E-state index in [1.807, 2.05) is 26.0 Å². The highest BCUT2D eigenvalue weighted by Gasteiger charge is 2.49. The maximum atomic E-state index is 12.6. The van der Waals surface area contributed by atoms with Crippen molar-refractivity contribution in [1.29, 1.82) is 0 Å². The smallest absolute Gasteiger partial charge is 0.324 e. The lowest BCUT2D eigenvalue weighted by atomic mass is 9.68. The molecule has 1 aromatic rings. The first-order valence-electron chi connectivity index (χ1n) is 7.30. The second-order valence-electron chi connectivity index (χ2n) is 5.63. The monoisotopic (exact) mass is 274 g/mol. The van der Waals surface area contributed by atoms with Crippen LogP contribution < -0.4 is 0 Å². The number of ketones is 1. The Labute approximate surface area is 120 Å². The topological polar surface area (TPSA) is 43.4 Å². The summed E-state index contributed by atoms with van der Waals surface area (Å²) in [5.74, 6) is -0.373. The molecular weight excluding hydrogens is 252 g/mol. The van der Waals surface area contributed by atoms with Gasteiger partial charge in [0.25, 0.3) is 0 Å². The van der Waals surface area contributed by atoms with Gasteiger partial charge in [0, 0.05) is 6.42 Å². The summed E-state index contributed by atoms with van der Waals surface area (Å²) in [6.07, 6.45) is 2.78. The lowest BCUT2D eigenvalue weighted by molar-refractivity contribution is -0.155. The quantitative estimate of drug-likeness (QED) is 0.627. The number of Topliss-reactive ketones (excluding diaryl/α,β-unsaturated/α-hetero) is 1. The maximum Gasteiger partial charge on any atom is 0.324 e. The van der Waals surface area contributed by atoms with Crippen LogP contribution in [0.15, 0.2) is 18.2 Å². The molecule has 1 fully saturated rings. The highest BCUT2D eigenvalue weighted by atomic mass is 16.5. The first kappa shape index (κ1) is 14.8. The van der Waals surface area contributed by atoms with E-state index in [0.717, 1.165) is 29.5 Å². The Morgan fingerprint density at radius 2 is 1.85 bits per heavy atom. The van der Waals surface area contributed by atoms with Gasteiger partial charge in [0.2, 0.25) is 0 Å². The van der Waals surface area contributed by atoms with Gasteiger partial charge in [-0.25, -0.2) is 0 Å². The van der Waals surface area contributed by atoms with E-state index in [9.17, 15) is 9.59 Å². The van der Waals surface area contributed by atoms with Crippen molar-refractivity contribution in [3.05, 3.63) is 34.9 Å². The zero-order chi connectivity index (χ0) is 14.8. The van der Waals surface area contributed by atoms with Crippen LogP contribution in [0.25, 0.3) is 0 Å². The van der Waals surface area contributed by atoms with E-state index < -0.39 is 5.41 Å². The van der Waals surface area contributed by atoms with Crippen molar-refractivity contribution in [1.82, 2.24) is 0 Å². The summed E-state index contributed by atoms with van der Waals surface area (Å²) in [6.45, 7) is 6.06. The second kappa shape index (κ2) is 5.78. The van der Waals surface area contributed by atoms with Gasteiger partial charge in [0.05, 0.1) is 6.61 Å². The fraction of sp³-hybridized carbons (Fsp3) is 0.529. The molecule has 0 heterocycles. The van der Waals surface area contributed by atoms with E-state index in [0.29, 0.717) is 19.4 Å². The van der Waals surface area contributed by atoms with Gasteiger partial charge in [-0.2, -0.15) is 0 Å². The lowest BCUT2D eigenvalue weighted by Crippen LogP contribution is -2.47. The Bertz CT molecular complexity index is 513. The van der Waals surface area contributed by atoms with Crippen molar-refractivity contribution in [3.63, 3.8) is 0 Å². The van der Waals surface area contributed by atoms with E-state index in [1.54, 1.807) is 6.92 Å². The van der Waals surface area contributed by atoms with E-state index in [4.69, 9.17) is 4.74 Å². The number of rotatable bonds is 3. The molecule has 1 aliphatic rings. The van der Waals surface area contributed by atoms with Crippen molar-refractivity contribution in [2.45, 2.75) is 51.9 Å². The van der Waals surface area contributed by atoms with E-state index in [1.165, 1.54) is 0 Å². The van der Waals surface area contributed by atoms with E-state index in [2.05, 4.69) is 6.07 Å². The Hall–Kier alpha value is -1.64. The molecule has 0 radical (unpaired) electrons. The molecule has 3 nitrogen and oxygen atoms in total. The van der Waals surface area contributed by atoms with Crippen LogP contribution in [0.2, 0.25) is 0 Å². The summed E-state index contributed by atoms with van der Waals surface area (Å²) < 4.78 is 5.23. The largest absolute Gasteiger partial charge is 0.465 e. The molecular formula is C17H22O3. The van der Waals surface area contributed by atoms with Gasteiger partial charge in [0.15, 0.2) is 11.2 Å². The second-order valence-corrected chi connectivity index (χ2v) is 5.63. The van der Waals surface area contributed by atoms with Gasteiger partial charge in [-0.05, 0) is 39.2 Å². The number of esters is 1. The SMILES string of the molecule is CCOC(=O)[C@@]1(c2cc(C)cc(C)c2)CCCCC1=O. The number of hydrogen-bond acceptors (Lipinski definition) is 3. The Morgan fingerprint density at radius 1 is 1.20 bits per heavy atom. The number of carbonyl (C=O) groups is 2. The lowest BCUT2D eigenvalue weighted by Gasteiger charge is -2.34. The van der Waals surface area contributed by atoms with Crippen LogP contribution in [0.1, 0.15) is 49.3 Å². The number of aryl methyl sites for hydroxylation is 2. The number of benzene rings is 1. The molecule has 1 aliphatic carbocycles. The highest BCUT2D eigenvalue weighted by molar-refractivity contribution is 6.10. The molecule has 20 heavy (non-hydrogen) atoms. The number of hydrogen-bond donors (Lipinski definition) is 0. The van der Waals surface area contributed by atoms with E-state index >= 15 is 0 Å². The van der Waals surface area contributed by atoms with Crippen molar-refractivity contribution in [2.24, 2.45) is 0 Å². The van der Waals surface area contributed by atoms with Gasteiger partial charge < -0.3 is 4.74 Å². The molecule has 0 saturated heterocycles. The Kier molecular flexibility index (Phi) is 4.26. The molecule has 2 rings (SSSR count). The van der Waals surface area contributed by atoms with Crippen molar-refractivity contribution in [2.75, 3.05) is 6.61 Å². The molecule has 3 heteroatoms. The first-order valence-corrected chi connectivity index (χ1v) is 7.30. The average molecular weight is 274 g/mol. The summed E-state index contributed by atoms with van der Waals surface area (Å²) in [4.78, 5) is 25.1. The zero-order valence-corrected chi connectivity index (χ0v) is 12.5. The van der Waals surface area contributed by atoms with Crippen molar-refractivity contribution >= 4 is 11.8 Å². The fourth-order valence-corrected chi connectivity index (χ4v) is 3.14. The Balaban J connectivity index is 2.56. The van der Waals surface area contributed by atoms with Gasteiger partial charge >= 0.3 is 5.97 Å². The molecule has 1 aromatic carbocycles. The van der Waals surface area contributed by atoms with Crippen LogP contribution in [0.4, 0.5) is 0 Å². The third-order valence-electron chi connectivity index (χ3n) is 4.02. The molecule has 0 amide bonds. The third kappa shape index (κ3) is 2.49. The molecule has 0 N–H and O–H groups in total. The summed E-state index contributed by atoms with van der Waals surface area (Å²) in [5.41, 5.74) is 1.87. The van der Waals surface area contributed by atoms with Gasteiger partial charge in [-0.3, -0.25) is 9.59 Å². The van der Waals surface area contributed by atoms with Gasteiger partial charge in [-0.15, -0.1) is 0 Å². The van der Waals surface area contributed by atoms with Gasteiger partial charge in [-0.1, -0.05) is 35.7 Å². The molecule has 0 aromatic heterocycles. The molecule has 0 spiro atoms. The standard InChI is InChI=1S/C17H22O3/c1-4-20-16(19)17(8-6-5-7-15(17)18)14-10-12(2)9-13(3)11-14/h9-11H,4-8H2,1-3H3/t17-/m1/s1. The maximum absolute atomic E-state index is 12.6. The Morgan fingerprint density at radius 3 is 2.40 bits per heavy atom. The number of ether oxygens (including phenoxy) is 1. The predicted octanol–water partition coefficient (Wildman–Crippen LogP) is 3.25. The summed E-state index contributed by atoms with van der Waals surface area (Å²) in [6, 6.07) is 5.95. The first-order chi connectivity index (χ1) is 9.50. The molecule has 1 atom stereocenters.